The van der Waals surface area contributed by atoms with Gasteiger partial charge in [0.1, 0.15) is 5.75 Å². The summed E-state index contributed by atoms with van der Waals surface area (Å²) < 4.78 is 44.3. The fourth-order valence-corrected chi connectivity index (χ4v) is 1.75. The molecule has 0 aliphatic heterocycles. The molecule has 0 heterocycles. The molecule has 2 nitrogen and oxygen atoms in total. The molecule has 5 heteroatoms. The molecule has 2 aromatic carbocycles. The van der Waals surface area contributed by atoms with E-state index in [9.17, 15) is 18.0 Å². The molecule has 0 aliphatic carbocycles. The minimum absolute atomic E-state index is 0.210. The fraction of sp³-hybridized carbons (Fsp3) is 0.133. The summed E-state index contributed by atoms with van der Waals surface area (Å²) in [5.41, 5.74) is -0.0450. The first-order chi connectivity index (χ1) is 9.52. The van der Waals surface area contributed by atoms with Gasteiger partial charge in [-0.1, -0.05) is 12.1 Å². The Kier molecular flexibility index (Phi) is 4.08. The molecule has 0 aliphatic rings. The van der Waals surface area contributed by atoms with Gasteiger partial charge in [-0.2, -0.15) is 0 Å². The maximum absolute atomic E-state index is 13.1. The van der Waals surface area contributed by atoms with Crippen LogP contribution in [0.4, 0.5) is 13.2 Å². The van der Waals surface area contributed by atoms with Crippen molar-refractivity contribution in [1.82, 2.24) is 0 Å². The Bertz CT molecular complexity index is 630. The smallest absolute Gasteiger partial charge is 0.194 e. The Morgan fingerprint density at radius 1 is 1.05 bits per heavy atom. The Balaban J connectivity index is 2.38. The summed E-state index contributed by atoms with van der Waals surface area (Å²) in [6.45, 7) is 2.22. The molecule has 104 valence electrons. The van der Waals surface area contributed by atoms with Crippen molar-refractivity contribution >= 4 is 5.78 Å². The number of hydrogen-bond donors (Lipinski definition) is 0. The molecule has 20 heavy (non-hydrogen) atoms. The predicted molar refractivity (Wildman–Crippen MR) is 67.4 cm³/mol. The van der Waals surface area contributed by atoms with Crippen LogP contribution in [0.5, 0.6) is 5.75 Å². The second-order valence-electron chi connectivity index (χ2n) is 4.04. The van der Waals surface area contributed by atoms with Crippen molar-refractivity contribution in [3.05, 3.63) is 65.0 Å². The molecule has 0 radical (unpaired) electrons. The number of ketones is 1. The summed E-state index contributed by atoms with van der Waals surface area (Å²) in [6.07, 6.45) is 0. The summed E-state index contributed by atoms with van der Waals surface area (Å²) in [7, 11) is 0. The van der Waals surface area contributed by atoms with Crippen LogP contribution in [0, 0.1) is 17.5 Å². The minimum Gasteiger partial charge on any atom is -0.494 e. The summed E-state index contributed by atoms with van der Waals surface area (Å²) in [6, 6.07) is 7.55. The van der Waals surface area contributed by atoms with Gasteiger partial charge >= 0.3 is 0 Å². The van der Waals surface area contributed by atoms with E-state index in [1.165, 1.54) is 12.1 Å². The molecule has 0 N–H and O–H groups in total. The number of carbonyl (C=O) groups is 1. The summed E-state index contributed by atoms with van der Waals surface area (Å²) in [5, 5.41) is 0. The van der Waals surface area contributed by atoms with Crippen molar-refractivity contribution in [1.29, 1.82) is 0 Å². The van der Waals surface area contributed by atoms with Gasteiger partial charge in [-0.3, -0.25) is 4.79 Å². The first-order valence-corrected chi connectivity index (χ1v) is 5.95. The zero-order chi connectivity index (χ0) is 14.7. The molecule has 2 aromatic rings. The minimum atomic E-state index is -1.59. The van der Waals surface area contributed by atoms with E-state index >= 15 is 0 Å². The van der Waals surface area contributed by atoms with Crippen LogP contribution in [0.1, 0.15) is 22.8 Å². The van der Waals surface area contributed by atoms with Crippen LogP contribution >= 0.6 is 0 Å². The van der Waals surface area contributed by atoms with Crippen LogP contribution in [0.25, 0.3) is 0 Å². The Morgan fingerprint density at radius 2 is 1.70 bits per heavy atom. The highest BCUT2D eigenvalue weighted by Crippen LogP contribution is 2.19. The zero-order valence-electron chi connectivity index (χ0n) is 10.6. The molecular weight excluding hydrogens is 269 g/mol. The van der Waals surface area contributed by atoms with Crippen molar-refractivity contribution in [3.8, 4) is 5.75 Å². The first kappa shape index (κ1) is 14.1. The van der Waals surface area contributed by atoms with E-state index < -0.39 is 23.2 Å². The average molecular weight is 280 g/mol. The first-order valence-electron chi connectivity index (χ1n) is 5.95. The van der Waals surface area contributed by atoms with Gasteiger partial charge in [0.25, 0.3) is 0 Å². The standard InChI is InChI=1S/C15H11F3O2/c1-2-20-11-5-3-4-9(6-11)15(19)10-7-12(16)14(18)13(17)8-10/h3-8H,2H2,1H3. The molecule has 0 spiro atoms. The van der Waals surface area contributed by atoms with Gasteiger partial charge in [0.2, 0.25) is 0 Å². The highest BCUT2D eigenvalue weighted by molar-refractivity contribution is 6.09. The van der Waals surface area contributed by atoms with Crippen LogP contribution in [0.2, 0.25) is 0 Å². The largest absolute Gasteiger partial charge is 0.494 e. The quantitative estimate of drug-likeness (QED) is 0.630. The molecule has 0 aromatic heterocycles. The number of carbonyl (C=O) groups excluding carboxylic acids is 1. The lowest BCUT2D eigenvalue weighted by Crippen LogP contribution is -2.05. The fourth-order valence-electron chi connectivity index (χ4n) is 1.75. The Morgan fingerprint density at radius 3 is 2.30 bits per heavy atom. The number of hydrogen-bond acceptors (Lipinski definition) is 2. The van der Waals surface area contributed by atoms with E-state index in [0.717, 1.165) is 0 Å². The average Bonchev–Trinajstić information content (AvgIpc) is 2.44. The lowest BCUT2D eigenvalue weighted by atomic mass is 10.0. The van der Waals surface area contributed by atoms with E-state index in [1.54, 1.807) is 19.1 Å². The van der Waals surface area contributed by atoms with Crippen molar-refractivity contribution < 1.29 is 22.7 Å². The topological polar surface area (TPSA) is 26.3 Å². The third kappa shape index (κ3) is 2.82. The van der Waals surface area contributed by atoms with Gasteiger partial charge < -0.3 is 4.74 Å². The van der Waals surface area contributed by atoms with E-state index in [4.69, 9.17) is 4.74 Å². The number of halogens is 3. The number of rotatable bonds is 4. The van der Waals surface area contributed by atoms with Gasteiger partial charge in [-0.25, -0.2) is 13.2 Å². The van der Waals surface area contributed by atoms with Crippen molar-refractivity contribution in [3.63, 3.8) is 0 Å². The molecule has 2 rings (SSSR count). The maximum Gasteiger partial charge on any atom is 0.194 e. The lowest BCUT2D eigenvalue weighted by Gasteiger charge is -2.06. The monoisotopic (exact) mass is 280 g/mol. The van der Waals surface area contributed by atoms with E-state index in [-0.39, 0.29) is 11.1 Å². The molecular formula is C15H11F3O2. The lowest BCUT2D eigenvalue weighted by molar-refractivity contribution is 0.103. The van der Waals surface area contributed by atoms with E-state index in [0.29, 0.717) is 24.5 Å². The van der Waals surface area contributed by atoms with Crippen molar-refractivity contribution in [2.24, 2.45) is 0 Å². The van der Waals surface area contributed by atoms with Gasteiger partial charge in [0, 0.05) is 11.1 Å². The second kappa shape index (κ2) is 5.77. The third-order valence-electron chi connectivity index (χ3n) is 2.65. The highest BCUT2D eigenvalue weighted by atomic mass is 19.2. The number of benzene rings is 2. The molecule has 0 saturated heterocycles. The van der Waals surface area contributed by atoms with Crippen LogP contribution in [0.3, 0.4) is 0 Å². The molecule has 0 saturated carbocycles. The normalized spacial score (nSPS) is 10.4. The molecule has 0 unspecified atom stereocenters. The summed E-state index contributed by atoms with van der Waals surface area (Å²) in [5.74, 6) is -4.51. The van der Waals surface area contributed by atoms with Crippen LogP contribution in [-0.2, 0) is 0 Å². The zero-order valence-corrected chi connectivity index (χ0v) is 10.6. The third-order valence-corrected chi connectivity index (χ3v) is 2.65. The summed E-state index contributed by atoms with van der Waals surface area (Å²) in [4.78, 5) is 12.1. The van der Waals surface area contributed by atoms with Crippen molar-refractivity contribution in [2.45, 2.75) is 6.92 Å². The van der Waals surface area contributed by atoms with E-state index in [2.05, 4.69) is 0 Å². The summed E-state index contributed by atoms with van der Waals surface area (Å²) >= 11 is 0. The van der Waals surface area contributed by atoms with E-state index in [1.807, 2.05) is 0 Å². The van der Waals surface area contributed by atoms with Gasteiger partial charge in [-0.15, -0.1) is 0 Å². The number of ether oxygens (including phenoxy) is 1. The molecule has 0 amide bonds. The SMILES string of the molecule is CCOc1cccc(C(=O)c2cc(F)c(F)c(F)c2)c1. The van der Waals surface area contributed by atoms with Crippen LogP contribution in [-0.4, -0.2) is 12.4 Å². The van der Waals surface area contributed by atoms with Crippen LogP contribution < -0.4 is 4.74 Å². The Labute approximate surface area is 113 Å². The molecule has 0 atom stereocenters. The van der Waals surface area contributed by atoms with Gasteiger partial charge in [-0.05, 0) is 31.2 Å². The second-order valence-corrected chi connectivity index (χ2v) is 4.04. The Hall–Kier alpha value is -2.30. The van der Waals surface area contributed by atoms with Crippen LogP contribution in [0.15, 0.2) is 36.4 Å². The maximum atomic E-state index is 13.1. The molecule has 0 fully saturated rings. The predicted octanol–water partition coefficient (Wildman–Crippen LogP) is 3.73. The van der Waals surface area contributed by atoms with Gasteiger partial charge in [0.05, 0.1) is 6.61 Å². The van der Waals surface area contributed by atoms with Crippen molar-refractivity contribution in [2.75, 3.05) is 6.61 Å². The molecule has 0 bridgehead atoms. The highest BCUT2D eigenvalue weighted by Gasteiger charge is 2.16. The van der Waals surface area contributed by atoms with Gasteiger partial charge in [0.15, 0.2) is 23.2 Å².